The van der Waals surface area contributed by atoms with Gasteiger partial charge >= 0.3 is 6.18 Å². The molecule has 0 saturated carbocycles. The zero-order valence-electron chi connectivity index (χ0n) is 19.2. The molecule has 2 aromatic carbocycles. The topological polar surface area (TPSA) is 113 Å². The Morgan fingerprint density at radius 1 is 1.14 bits per heavy atom. The number of amidine groups is 1. The minimum Gasteiger partial charge on any atom is -0.395 e. The lowest BCUT2D eigenvalue weighted by Crippen LogP contribution is -2.38. The summed E-state index contributed by atoms with van der Waals surface area (Å²) >= 11 is 1.41. The van der Waals surface area contributed by atoms with E-state index in [1.807, 2.05) is 24.3 Å². The number of aliphatic imine (C=N–C) groups is 1. The average Bonchev–Trinajstić information content (AvgIpc) is 3.30. The summed E-state index contributed by atoms with van der Waals surface area (Å²) in [6, 6.07) is 11.7. The molecule has 190 valence electrons. The van der Waals surface area contributed by atoms with Crippen molar-refractivity contribution in [2.75, 3.05) is 19.7 Å². The molecule has 36 heavy (non-hydrogen) atoms. The molecule has 3 aromatic rings. The molecule has 1 aliphatic heterocycles. The Bertz CT molecular complexity index is 1240. The third kappa shape index (κ3) is 6.34. The number of nitrogens with zero attached hydrogens (tertiary/aromatic N) is 2. The predicted octanol–water partition coefficient (Wildman–Crippen LogP) is 3.03. The van der Waals surface area contributed by atoms with Crippen LogP contribution in [0.5, 0.6) is 0 Å². The Labute approximate surface area is 210 Å². The van der Waals surface area contributed by atoms with Crippen LogP contribution in [-0.2, 0) is 17.4 Å². The van der Waals surface area contributed by atoms with Gasteiger partial charge in [0, 0.05) is 36.9 Å². The maximum atomic E-state index is 12.8. The maximum absolute atomic E-state index is 12.8. The van der Waals surface area contributed by atoms with Crippen molar-refractivity contribution >= 4 is 33.6 Å². The first-order valence-electron chi connectivity index (χ1n) is 11.4. The van der Waals surface area contributed by atoms with Crippen molar-refractivity contribution in [1.82, 2.24) is 15.6 Å². The summed E-state index contributed by atoms with van der Waals surface area (Å²) < 4.78 is 38.3. The first-order chi connectivity index (χ1) is 17.2. The highest BCUT2D eigenvalue weighted by Crippen LogP contribution is 2.40. The predicted molar refractivity (Wildman–Crippen MR) is 135 cm³/mol. The van der Waals surface area contributed by atoms with E-state index in [2.05, 4.69) is 20.6 Å². The molecule has 0 radical (unpaired) electrons. The average molecular weight is 518 g/mol. The molecule has 1 aliphatic rings. The van der Waals surface area contributed by atoms with Gasteiger partial charge in [-0.2, -0.15) is 13.2 Å². The van der Waals surface area contributed by atoms with E-state index in [-0.39, 0.29) is 30.4 Å². The number of rotatable bonds is 8. The van der Waals surface area contributed by atoms with Gasteiger partial charge in [-0.15, -0.1) is 0 Å². The van der Waals surface area contributed by atoms with Crippen molar-refractivity contribution in [2.24, 2.45) is 10.7 Å². The molecule has 11 heteroatoms. The number of alkyl halides is 3. The van der Waals surface area contributed by atoms with Crippen LogP contribution in [0.15, 0.2) is 65.9 Å². The SMILES string of the molecule is N[C@H](CNC1=NC(C(=O)NCCO)C(c2ccc3cnccc3c2)S1)Cc1ccc(C(F)(F)F)cc1. The number of aliphatic hydroxyl groups excluding tert-OH is 1. The van der Waals surface area contributed by atoms with Crippen LogP contribution in [0.25, 0.3) is 10.8 Å². The third-order valence-corrected chi connectivity index (χ3v) is 7.01. The van der Waals surface area contributed by atoms with Gasteiger partial charge in [0.05, 0.1) is 17.4 Å². The van der Waals surface area contributed by atoms with E-state index >= 15 is 0 Å². The molecule has 0 aliphatic carbocycles. The number of benzene rings is 2. The van der Waals surface area contributed by atoms with Crippen LogP contribution in [-0.4, -0.2) is 52.9 Å². The van der Waals surface area contributed by atoms with Gasteiger partial charge in [0.2, 0.25) is 5.91 Å². The number of fused-ring (bicyclic) bond motifs is 1. The first-order valence-corrected chi connectivity index (χ1v) is 12.2. The molecule has 0 saturated heterocycles. The molecular formula is C25H26F3N5O2S. The molecule has 2 unspecified atom stereocenters. The van der Waals surface area contributed by atoms with Crippen molar-refractivity contribution in [3.8, 4) is 0 Å². The fourth-order valence-electron chi connectivity index (χ4n) is 3.93. The van der Waals surface area contributed by atoms with Crippen molar-refractivity contribution in [2.45, 2.75) is 29.9 Å². The van der Waals surface area contributed by atoms with Crippen LogP contribution < -0.4 is 16.4 Å². The standard InChI is InChI=1S/C25H26F3N5O2S/c26-25(27,28)19-5-1-15(2-6-19)11-20(29)14-32-24-33-21(23(35)31-9-10-34)22(36-24)17-3-4-18-13-30-8-7-16(18)12-17/h1-8,12-13,20-22,34H,9-11,14,29H2,(H,31,35)(H,32,33)/t20-,21?,22?/m0/s1. The van der Waals surface area contributed by atoms with Crippen LogP contribution in [0.1, 0.15) is 21.9 Å². The number of nitrogens with one attached hydrogen (secondary N) is 2. The summed E-state index contributed by atoms with van der Waals surface area (Å²) in [4.78, 5) is 21.5. The molecule has 4 rings (SSSR count). The van der Waals surface area contributed by atoms with E-state index in [9.17, 15) is 18.0 Å². The number of pyridine rings is 1. The number of carbonyl (C=O) groups is 1. The van der Waals surface area contributed by atoms with Gasteiger partial charge in [0.15, 0.2) is 5.17 Å². The normalized spacial score (nSPS) is 18.6. The summed E-state index contributed by atoms with van der Waals surface area (Å²) in [7, 11) is 0. The lowest BCUT2D eigenvalue weighted by Gasteiger charge is -2.18. The molecule has 5 N–H and O–H groups in total. The second kappa shape index (κ2) is 11.3. The minimum absolute atomic E-state index is 0.131. The second-order valence-electron chi connectivity index (χ2n) is 8.45. The molecule has 0 fully saturated rings. The highest BCUT2D eigenvalue weighted by molar-refractivity contribution is 8.14. The fraction of sp³-hybridized carbons (Fsp3) is 0.320. The van der Waals surface area contributed by atoms with E-state index < -0.39 is 17.8 Å². The highest BCUT2D eigenvalue weighted by Gasteiger charge is 2.37. The molecule has 7 nitrogen and oxygen atoms in total. The zero-order valence-corrected chi connectivity index (χ0v) is 20.0. The van der Waals surface area contributed by atoms with Gasteiger partial charge in [-0.3, -0.25) is 9.78 Å². The van der Waals surface area contributed by atoms with Gasteiger partial charge in [-0.1, -0.05) is 36.0 Å². The van der Waals surface area contributed by atoms with Crippen LogP contribution in [0.4, 0.5) is 13.2 Å². The van der Waals surface area contributed by atoms with Gasteiger partial charge in [-0.25, -0.2) is 4.99 Å². The third-order valence-electron chi connectivity index (χ3n) is 5.75. The number of aromatic nitrogens is 1. The van der Waals surface area contributed by atoms with E-state index in [4.69, 9.17) is 10.8 Å². The van der Waals surface area contributed by atoms with Crippen LogP contribution in [0, 0.1) is 0 Å². The molecule has 0 spiro atoms. The lowest BCUT2D eigenvalue weighted by atomic mass is 10.0. The van der Waals surface area contributed by atoms with E-state index in [1.54, 1.807) is 12.4 Å². The summed E-state index contributed by atoms with van der Waals surface area (Å²) in [5, 5.41) is 17.2. The van der Waals surface area contributed by atoms with Crippen LogP contribution in [0.3, 0.4) is 0 Å². The lowest BCUT2D eigenvalue weighted by molar-refractivity contribution is -0.137. The molecule has 2 heterocycles. The first kappa shape index (κ1) is 25.9. The minimum atomic E-state index is -4.38. The van der Waals surface area contributed by atoms with Gasteiger partial charge in [0.25, 0.3) is 0 Å². The van der Waals surface area contributed by atoms with E-state index in [0.717, 1.165) is 28.5 Å². The van der Waals surface area contributed by atoms with Gasteiger partial charge < -0.3 is 21.5 Å². The van der Waals surface area contributed by atoms with Gasteiger partial charge in [-0.05, 0) is 47.2 Å². The number of amides is 1. The highest BCUT2D eigenvalue weighted by atomic mass is 32.2. The Hall–Kier alpha value is -3.15. The molecule has 1 amide bonds. The van der Waals surface area contributed by atoms with Gasteiger partial charge in [0.1, 0.15) is 6.04 Å². The van der Waals surface area contributed by atoms with Crippen molar-refractivity contribution in [3.05, 3.63) is 77.6 Å². The Balaban J connectivity index is 1.42. The number of thioether (sulfide) groups is 1. The molecular weight excluding hydrogens is 491 g/mol. The summed E-state index contributed by atoms with van der Waals surface area (Å²) in [6.07, 6.45) is -0.515. The van der Waals surface area contributed by atoms with Crippen LogP contribution in [0.2, 0.25) is 0 Å². The monoisotopic (exact) mass is 517 g/mol. The summed E-state index contributed by atoms with van der Waals surface area (Å²) in [6.45, 7) is 0.285. The maximum Gasteiger partial charge on any atom is 0.416 e. The quantitative estimate of drug-likeness (QED) is 0.366. The summed E-state index contributed by atoms with van der Waals surface area (Å²) in [5.41, 5.74) is 7.14. The number of nitrogens with two attached hydrogens (primary N) is 1. The number of aliphatic hydroxyl groups is 1. The van der Waals surface area contributed by atoms with E-state index in [1.165, 1.54) is 23.9 Å². The fourth-order valence-corrected chi connectivity index (χ4v) is 5.11. The van der Waals surface area contributed by atoms with E-state index in [0.29, 0.717) is 23.7 Å². The summed E-state index contributed by atoms with van der Waals surface area (Å²) in [5.74, 6) is -0.290. The van der Waals surface area contributed by atoms with Crippen molar-refractivity contribution in [3.63, 3.8) is 0 Å². The van der Waals surface area contributed by atoms with Crippen LogP contribution >= 0.6 is 11.8 Å². The van der Waals surface area contributed by atoms with Crippen molar-refractivity contribution < 1.29 is 23.1 Å². The largest absolute Gasteiger partial charge is 0.416 e. The molecule has 1 aromatic heterocycles. The molecule has 0 bridgehead atoms. The number of hydrogen-bond donors (Lipinski definition) is 4. The zero-order chi connectivity index (χ0) is 25.7. The number of carbonyl (C=O) groups excluding carboxylic acids is 1. The smallest absolute Gasteiger partial charge is 0.395 e. The second-order valence-corrected chi connectivity index (χ2v) is 9.58. The molecule has 3 atom stereocenters. The Morgan fingerprint density at radius 3 is 2.64 bits per heavy atom. The Kier molecular flexibility index (Phi) is 8.12. The number of hydrogen-bond acceptors (Lipinski definition) is 7. The Morgan fingerprint density at radius 2 is 1.92 bits per heavy atom. The number of halogens is 3. The van der Waals surface area contributed by atoms with Crippen molar-refractivity contribution in [1.29, 1.82) is 0 Å².